The van der Waals surface area contributed by atoms with Gasteiger partial charge in [0.2, 0.25) is 0 Å². The Kier molecular flexibility index (Phi) is 4.92. The predicted molar refractivity (Wildman–Crippen MR) is 84.3 cm³/mol. The molecule has 0 heterocycles. The average molecular weight is 292 g/mol. The third kappa shape index (κ3) is 3.75. The SMILES string of the molecule is CNCc1ccc(Sc2ccc(C)cc2C)cc1Cl. The molecule has 2 aromatic rings. The monoisotopic (exact) mass is 291 g/mol. The number of rotatable bonds is 4. The number of benzene rings is 2. The molecule has 1 N–H and O–H groups in total. The van der Waals surface area contributed by atoms with Crippen LogP contribution in [-0.2, 0) is 6.54 Å². The minimum absolute atomic E-state index is 0.799. The van der Waals surface area contributed by atoms with E-state index in [-0.39, 0.29) is 0 Å². The molecule has 0 atom stereocenters. The molecule has 0 fully saturated rings. The molecule has 3 heteroatoms. The van der Waals surface area contributed by atoms with E-state index < -0.39 is 0 Å². The summed E-state index contributed by atoms with van der Waals surface area (Å²) in [5.41, 5.74) is 3.74. The van der Waals surface area contributed by atoms with Crippen LogP contribution in [0.25, 0.3) is 0 Å². The van der Waals surface area contributed by atoms with Crippen LogP contribution < -0.4 is 5.32 Å². The van der Waals surface area contributed by atoms with Gasteiger partial charge in [0.1, 0.15) is 0 Å². The molecule has 2 aromatic carbocycles. The molecule has 0 radical (unpaired) electrons. The summed E-state index contributed by atoms with van der Waals surface area (Å²) in [5.74, 6) is 0. The summed E-state index contributed by atoms with van der Waals surface area (Å²) >= 11 is 8.05. The van der Waals surface area contributed by atoms with Gasteiger partial charge in [-0.1, -0.05) is 47.1 Å². The Morgan fingerprint density at radius 1 is 1.11 bits per heavy atom. The standard InChI is InChI=1S/C16H18ClNS/c1-11-4-7-16(12(2)8-11)19-14-6-5-13(10-18-3)15(17)9-14/h4-9,18H,10H2,1-3H3. The van der Waals surface area contributed by atoms with Crippen molar-refractivity contribution in [2.75, 3.05) is 7.05 Å². The molecule has 19 heavy (non-hydrogen) atoms. The molecule has 100 valence electrons. The first-order valence-corrected chi connectivity index (χ1v) is 7.47. The van der Waals surface area contributed by atoms with E-state index in [0.29, 0.717) is 0 Å². The van der Waals surface area contributed by atoms with Gasteiger partial charge in [-0.15, -0.1) is 0 Å². The van der Waals surface area contributed by atoms with Crippen LogP contribution in [0.4, 0.5) is 0 Å². The Morgan fingerprint density at radius 3 is 2.53 bits per heavy atom. The minimum Gasteiger partial charge on any atom is -0.316 e. The summed E-state index contributed by atoms with van der Waals surface area (Å²) in [5, 5.41) is 3.94. The zero-order valence-corrected chi connectivity index (χ0v) is 13.0. The van der Waals surface area contributed by atoms with Gasteiger partial charge in [-0.3, -0.25) is 0 Å². The zero-order chi connectivity index (χ0) is 13.8. The van der Waals surface area contributed by atoms with E-state index in [1.54, 1.807) is 11.8 Å². The van der Waals surface area contributed by atoms with Crippen LogP contribution in [0, 0.1) is 13.8 Å². The quantitative estimate of drug-likeness (QED) is 0.866. The highest BCUT2D eigenvalue weighted by molar-refractivity contribution is 7.99. The predicted octanol–water partition coefficient (Wildman–Crippen LogP) is 4.83. The molecule has 2 rings (SSSR count). The highest BCUT2D eigenvalue weighted by atomic mass is 35.5. The number of nitrogens with one attached hydrogen (secondary N) is 1. The normalized spacial score (nSPS) is 10.7. The molecular weight excluding hydrogens is 274 g/mol. The Hall–Kier alpha value is -0.960. The Labute approximate surface area is 124 Å². The molecular formula is C16H18ClNS. The fourth-order valence-electron chi connectivity index (χ4n) is 1.97. The second kappa shape index (κ2) is 6.47. The molecule has 1 nitrogen and oxygen atoms in total. The summed E-state index contributed by atoms with van der Waals surface area (Å²) in [4.78, 5) is 2.46. The first-order valence-electron chi connectivity index (χ1n) is 6.28. The topological polar surface area (TPSA) is 12.0 Å². The van der Waals surface area contributed by atoms with E-state index in [1.807, 2.05) is 13.1 Å². The molecule has 0 aliphatic carbocycles. The summed E-state index contributed by atoms with van der Waals surface area (Å²) in [6, 6.07) is 12.8. The van der Waals surface area contributed by atoms with E-state index in [0.717, 1.165) is 17.1 Å². The molecule has 0 saturated carbocycles. The van der Waals surface area contributed by atoms with E-state index in [4.69, 9.17) is 11.6 Å². The van der Waals surface area contributed by atoms with Crippen LogP contribution >= 0.6 is 23.4 Å². The fourth-order valence-corrected chi connectivity index (χ4v) is 3.20. The summed E-state index contributed by atoms with van der Waals surface area (Å²) in [6.07, 6.45) is 0. The Bertz CT molecular complexity index is 581. The van der Waals surface area contributed by atoms with Gasteiger partial charge >= 0.3 is 0 Å². The van der Waals surface area contributed by atoms with Crippen molar-refractivity contribution < 1.29 is 0 Å². The van der Waals surface area contributed by atoms with Crippen LogP contribution in [0.5, 0.6) is 0 Å². The van der Waals surface area contributed by atoms with Crippen molar-refractivity contribution in [3.05, 3.63) is 58.1 Å². The van der Waals surface area contributed by atoms with Crippen LogP contribution in [0.2, 0.25) is 5.02 Å². The molecule has 0 amide bonds. The number of hydrogen-bond donors (Lipinski definition) is 1. The molecule has 0 aliphatic heterocycles. The smallest absolute Gasteiger partial charge is 0.0462 e. The second-order valence-corrected chi connectivity index (χ2v) is 6.18. The van der Waals surface area contributed by atoms with Crippen LogP contribution in [0.3, 0.4) is 0 Å². The molecule has 0 aromatic heterocycles. The van der Waals surface area contributed by atoms with Gasteiger partial charge in [0, 0.05) is 21.4 Å². The lowest BCUT2D eigenvalue weighted by atomic mass is 10.2. The molecule has 0 saturated heterocycles. The first-order chi connectivity index (χ1) is 9.10. The molecule has 0 unspecified atom stereocenters. The van der Waals surface area contributed by atoms with Crippen molar-refractivity contribution in [1.29, 1.82) is 0 Å². The van der Waals surface area contributed by atoms with Gasteiger partial charge in [-0.05, 0) is 50.2 Å². The van der Waals surface area contributed by atoms with Crippen LogP contribution in [-0.4, -0.2) is 7.05 Å². The second-order valence-electron chi connectivity index (χ2n) is 4.65. The van der Waals surface area contributed by atoms with Gasteiger partial charge in [0.05, 0.1) is 0 Å². The molecule has 0 bridgehead atoms. The van der Waals surface area contributed by atoms with Crippen molar-refractivity contribution in [2.24, 2.45) is 0 Å². The summed E-state index contributed by atoms with van der Waals surface area (Å²) < 4.78 is 0. The van der Waals surface area contributed by atoms with E-state index in [1.165, 1.54) is 20.9 Å². The minimum atomic E-state index is 0.799. The van der Waals surface area contributed by atoms with E-state index in [2.05, 4.69) is 49.5 Å². The maximum absolute atomic E-state index is 6.29. The van der Waals surface area contributed by atoms with Crippen molar-refractivity contribution >= 4 is 23.4 Å². The molecule has 0 spiro atoms. The highest BCUT2D eigenvalue weighted by Crippen LogP contribution is 2.33. The van der Waals surface area contributed by atoms with Gasteiger partial charge in [-0.25, -0.2) is 0 Å². The Morgan fingerprint density at radius 2 is 1.89 bits per heavy atom. The largest absolute Gasteiger partial charge is 0.316 e. The Balaban J connectivity index is 2.21. The van der Waals surface area contributed by atoms with Gasteiger partial charge < -0.3 is 5.32 Å². The lowest BCUT2D eigenvalue weighted by Crippen LogP contribution is -2.05. The van der Waals surface area contributed by atoms with Crippen molar-refractivity contribution in [3.63, 3.8) is 0 Å². The zero-order valence-electron chi connectivity index (χ0n) is 11.5. The van der Waals surface area contributed by atoms with Crippen LogP contribution in [0.1, 0.15) is 16.7 Å². The van der Waals surface area contributed by atoms with Crippen molar-refractivity contribution in [3.8, 4) is 0 Å². The van der Waals surface area contributed by atoms with Gasteiger partial charge in [0.15, 0.2) is 0 Å². The molecule has 0 aliphatic rings. The number of halogens is 1. The lowest BCUT2D eigenvalue weighted by molar-refractivity contribution is 0.817. The maximum atomic E-state index is 6.29. The first kappa shape index (κ1) is 14.4. The third-order valence-corrected chi connectivity index (χ3v) is 4.47. The van der Waals surface area contributed by atoms with Crippen molar-refractivity contribution in [2.45, 2.75) is 30.2 Å². The number of aryl methyl sites for hydroxylation is 2. The number of hydrogen-bond acceptors (Lipinski definition) is 2. The third-order valence-electron chi connectivity index (χ3n) is 2.95. The summed E-state index contributed by atoms with van der Waals surface area (Å²) in [6.45, 7) is 5.06. The lowest BCUT2D eigenvalue weighted by Gasteiger charge is -2.09. The summed E-state index contributed by atoms with van der Waals surface area (Å²) in [7, 11) is 1.93. The fraction of sp³-hybridized carbons (Fsp3) is 0.250. The van der Waals surface area contributed by atoms with Crippen molar-refractivity contribution in [1.82, 2.24) is 5.32 Å². The van der Waals surface area contributed by atoms with Gasteiger partial charge in [-0.2, -0.15) is 0 Å². The average Bonchev–Trinajstić information content (AvgIpc) is 2.36. The van der Waals surface area contributed by atoms with Crippen LogP contribution in [0.15, 0.2) is 46.2 Å². The van der Waals surface area contributed by atoms with E-state index in [9.17, 15) is 0 Å². The highest BCUT2D eigenvalue weighted by Gasteiger charge is 2.05. The van der Waals surface area contributed by atoms with Gasteiger partial charge in [0.25, 0.3) is 0 Å². The van der Waals surface area contributed by atoms with E-state index >= 15 is 0 Å². The maximum Gasteiger partial charge on any atom is 0.0462 e.